The number of pyridine rings is 1. The molecule has 1 aromatic carbocycles. The summed E-state index contributed by atoms with van der Waals surface area (Å²) in [7, 11) is 2.12. The molecule has 6 rings (SSSR count). The fourth-order valence-corrected chi connectivity index (χ4v) is 5.57. The standard InChI is InChI=1S/C24H27FN4O2/c1-28-9-8-20-21(28)7-6-19(26-20)10-17-11-24(14-30-15-24)13-29-22(12-31-27-23(17)29)16-2-4-18(25)5-3-16/h2-7,17,22H,8-15H2,1H3. The molecule has 5 heterocycles. The monoisotopic (exact) mass is 422 g/mol. The molecular formula is C24H27FN4O2. The predicted octanol–water partition coefficient (Wildman–Crippen LogP) is 3.18. The lowest BCUT2D eigenvalue weighted by Crippen LogP contribution is -2.61. The van der Waals surface area contributed by atoms with Crippen LogP contribution in [0.5, 0.6) is 0 Å². The second-order valence-corrected chi connectivity index (χ2v) is 9.48. The van der Waals surface area contributed by atoms with E-state index in [9.17, 15) is 4.39 Å². The minimum absolute atomic E-state index is 0.0370. The van der Waals surface area contributed by atoms with Gasteiger partial charge in [0.2, 0.25) is 0 Å². The molecule has 7 heteroatoms. The number of amidine groups is 1. The summed E-state index contributed by atoms with van der Waals surface area (Å²) >= 11 is 0. The number of hydrogen-bond donors (Lipinski definition) is 0. The van der Waals surface area contributed by atoms with E-state index in [2.05, 4.69) is 34.1 Å². The molecule has 31 heavy (non-hydrogen) atoms. The molecule has 1 spiro atoms. The molecule has 6 nitrogen and oxygen atoms in total. The lowest BCUT2D eigenvalue weighted by atomic mass is 9.71. The van der Waals surface area contributed by atoms with Crippen LogP contribution >= 0.6 is 0 Å². The lowest BCUT2D eigenvalue weighted by molar-refractivity contribution is -0.145. The molecular weight excluding hydrogens is 395 g/mol. The zero-order valence-electron chi connectivity index (χ0n) is 17.8. The summed E-state index contributed by atoms with van der Waals surface area (Å²) in [5.41, 5.74) is 4.76. The third-order valence-corrected chi connectivity index (χ3v) is 7.24. The van der Waals surface area contributed by atoms with E-state index in [1.807, 2.05) is 12.1 Å². The second-order valence-electron chi connectivity index (χ2n) is 9.48. The third-order valence-electron chi connectivity index (χ3n) is 7.24. The Balaban J connectivity index is 1.31. The van der Waals surface area contributed by atoms with Crippen LogP contribution in [-0.4, -0.2) is 55.7 Å². The Morgan fingerprint density at radius 2 is 2.00 bits per heavy atom. The number of nitrogens with zero attached hydrogens (tertiary/aromatic N) is 4. The van der Waals surface area contributed by atoms with Crippen molar-refractivity contribution in [1.82, 2.24) is 9.88 Å². The number of benzene rings is 1. The first kappa shape index (κ1) is 19.0. The van der Waals surface area contributed by atoms with Gasteiger partial charge in [-0.15, -0.1) is 0 Å². The van der Waals surface area contributed by atoms with E-state index >= 15 is 0 Å². The molecule has 0 bridgehead atoms. The number of oxime groups is 1. The average Bonchev–Trinajstić information content (AvgIpc) is 3.13. The molecule has 2 aromatic rings. The SMILES string of the molecule is CN1CCc2nc(CC3CC4(COC4)CN4C3=NOCC4c3ccc(F)cc3)ccc21. The molecule has 0 amide bonds. The molecule has 2 fully saturated rings. The van der Waals surface area contributed by atoms with E-state index in [0.29, 0.717) is 6.61 Å². The Morgan fingerprint density at radius 3 is 2.77 bits per heavy atom. The number of hydrogen-bond acceptors (Lipinski definition) is 6. The summed E-state index contributed by atoms with van der Waals surface area (Å²) in [6.45, 7) is 3.97. The average molecular weight is 423 g/mol. The molecule has 0 saturated carbocycles. The van der Waals surface area contributed by atoms with E-state index < -0.39 is 0 Å². The highest BCUT2D eigenvalue weighted by Crippen LogP contribution is 2.45. The van der Waals surface area contributed by atoms with E-state index in [-0.39, 0.29) is 23.2 Å². The maximum Gasteiger partial charge on any atom is 0.148 e. The van der Waals surface area contributed by atoms with Crippen LogP contribution < -0.4 is 4.90 Å². The number of rotatable bonds is 3. The predicted molar refractivity (Wildman–Crippen MR) is 116 cm³/mol. The molecule has 2 saturated heterocycles. The van der Waals surface area contributed by atoms with Gasteiger partial charge >= 0.3 is 0 Å². The van der Waals surface area contributed by atoms with E-state index in [0.717, 1.165) is 62.7 Å². The fraction of sp³-hybridized carbons (Fsp3) is 0.500. The molecule has 4 aliphatic rings. The highest BCUT2D eigenvalue weighted by Gasteiger charge is 2.50. The topological polar surface area (TPSA) is 50.2 Å². The number of ether oxygens (including phenoxy) is 1. The minimum Gasteiger partial charge on any atom is -0.392 e. The van der Waals surface area contributed by atoms with Crippen molar-refractivity contribution in [3.8, 4) is 0 Å². The minimum atomic E-state index is -0.219. The number of halogens is 1. The van der Waals surface area contributed by atoms with E-state index in [4.69, 9.17) is 14.6 Å². The smallest absolute Gasteiger partial charge is 0.148 e. The Hall–Kier alpha value is -2.67. The molecule has 1 aromatic heterocycles. The van der Waals surface area contributed by atoms with E-state index in [1.54, 1.807) is 0 Å². The number of piperidine rings is 1. The Morgan fingerprint density at radius 1 is 1.16 bits per heavy atom. The van der Waals surface area contributed by atoms with Crippen LogP contribution in [0.2, 0.25) is 0 Å². The van der Waals surface area contributed by atoms with Crippen molar-refractivity contribution in [2.24, 2.45) is 16.5 Å². The molecule has 2 unspecified atom stereocenters. The summed E-state index contributed by atoms with van der Waals surface area (Å²) < 4.78 is 19.2. The molecule has 162 valence electrons. The molecule has 0 aliphatic carbocycles. The van der Waals surface area contributed by atoms with Crippen LogP contribution in [0.15, 0.2) is 41.6 Å². The van der Waals surface area contributed by atoms with Crippen LogP contribution in [0.3, 0.4) is 0 Å². The largest absolute Gasteiger partial charge is 0.392 e. The van der Waals surface area contributed by atoms with Gasteiger partial charge in [0.05, 0.1) is 30.6 Å². The maximum absolute atomic E-state index is 13.5. The van der Waals surface area contributed by atoms with Gasteiger partial charge in [-0.05, 0) is 42.7 Å². The van der Waals surface area contributed by atoms with Crippen LogP contribution in [0.25, 0.3) is 0 Å². The van der Waals surface area contributed by atoms with Gasteiger partial charge in [-0.2, -0.15) is 0 Å². The second kappa shape index (κ2) is 7.19. The first-order valence-corrected chi connectivity index (χ1v) is 11.1. The van der Waals surface area contributed by atoms with Gasteiger partial charge in [-0.25, -0.2) is 4.39 Å². The summed E-state index contributed by atoms with van der Waals surface area (Å²) in [4.78, 5) is 15.3. The summed E-state index contributed by atoms with van der Waals surface area (Å²) in [6, 6.07) is 11.2. The first-order valence-electron chi connectivity index (χ1n) is 11.1. The van der Waals surface area contributed by atoms with Gasteiger partial charge in [0.25, 0.3) is 0 Å². The highest BCUT2D eigenvalue weighted by molar-refractivity contribution is 5.86. The van der Waals surface area contributed by atoms with Gasteiger partial charge in [-0.3, -0.25) is 4.98 Å². The summed E-state index contributed by atoms with van der Waals surface area (Å²) in [5, 5.41) is 4.52. The van der Waals surface area contributed by atoms with Crippen LogP contribution in [0, 0.1) is 17.2 Å². The van der Waals surface area contributed by atoms with Crippen molar-refractivity contribution >= 4 is 11.5 Å². The Kier molecular flexibility index (Phi) is 4.42. The van der Waals surface area contributed by atoms with Crippen LogP contribution in [0.1, 0.15) is 29.4 Å². The molecule has 4 aliphatic heterocycles. The quantitative estimate of drug-likeness (QED) is 0.761. The molecule has 0 N–H and O–H groups in total. The number of likely N-dealkylation sites (N-methyl/N-ethyl adjacent to an activating group) is 1. The normalized spacial score (nSPS) is 26.1. The number of anilines is 1. The highest BCUT2D eigenvalue weighted by atomic mass is 19.1. The van der Waals surface area contributed by atoms with Crippen molar-refractivity contribution in [3.63, 3.8) is 0 Å². The Labute approximate surface area is 181 Å². The van der Waals surface area contributed by atoms with E-state index in [1.165, 1.54) is 23.5 Å². The van der Waals surface area contributed by atoms with Gasteiger partial charge in [0, 0.05) is 43.6 Å². The van der Waals surface area contributed by atoms with Crippen LogP contribution in [0.4, 0.5) is 10.1 Å². The lowest BCUT2D eigenvalue weighted by Gasteiger charge is -2.54. The zero-order chi connectivity index (χ0) is 21.0. The molecule has 2 atom stereocenters. The summed E-state index contributed by atoms with van der Waals surface area (Å²) in [6.07, 6.45) is 2.87. The first-order chi connectivity index (χ1) is 15.1. The van der Waals surface area contributed by atoms with Crippen molar-refractivity contribution in [2.75, 3.05) is 44.9 Å². The van der Waals surface area contributed by atoms with Crippen LogP contribution in [-0.2, 0) is 22.4 Å². The van der Waals surface area contributed by atoms with Gasteiger partial charge < -0.3 is 19.4 Å². The van der Waals surface area contributed by atoms with Crippen molar-refractivity contribution in [1.29, 1.82) is 0 Å². The maximum atomic E-state index is 13.5. The fourth-order valence-electron chi connectivity index (χ4n) is 5.57. The Bertz CT molecular complexity index is 1020. The van der Waals surface area contributed by atoms with Gasteiger partial charge in [0.15, 0.2) is 0 Å². The van der Waals surface area contributed by atoms with Crippen molar-refractivity contribution in [3.05, 3.63) is 59.2 Å². The zero-order valence-corrected chi connectivity index (χ0v) is 17.8. The molecule has 0 radical (unpaired) electrons. The third kappa shape index (κ3) is 3.26. The summed E-state index contributed by atoms with van der Waals surface area (Å²) in [5.74, 6) is 1.01. The van der Waals surface area contributed by atoms with Gasteiger partial charge in [0.1, 0.15) is 18.3 Å². The van der Waals surface area contributed by atoms with Gasteiger partial charge in [-0.1, -0.05) is 17.3 Å². The number of aromatic nitrogens is 1. The van der Waals surface area contributed by atoms with Crippen molar-refractivity contribution in [2.45, 2.75) is 25.3 Å². The van der Waals surface area contributed by atoms with Crippen molar-refractivity contribution < 1.29 is 14.0 Å². The number of fused-ring (bicyclic) bond motifs is 2.